The van der Waals surface area contributed by atoms with Crippen molar-refractivity contribution in [3.8, 4) is 11.5 Å². The molecule has 1 aliphatic carbocycles. The van der Waals surface area contributed by atoms with Gasteiger partial charge in [0.15, 0.2) is 11.5 Å². The van der Waals surface area contributed by atoms with Crippen molar-refractivity contribution in [1.82, 2.24) is 14.9 Å². The number of rotatable bonds is 3. The summed E-state index contributed by atoms with van der Waals surface area (Å²) < 4.78 is 39.9. The van der Waals surface area contributed by atoms with Gasteiger partial charge < -0.3 is 9.47 Å². The van der Waals surface area contributed by atoms with Crippen molar-refractivity contribution in [2.75, 3.05) is 13.2 Å². The predicted octanol–water partition coefficient (Wildman–Crippen LogP) is 2.15. The number of nitrogens with zero attached hydrogens (tertiary/aromatic N) is 1. The number of hydrogen-bond acceptors (Lipinski definition) is 5. The summed E-state index contributed by atoms with van der Waals surface area (Å²) in [5.41, 5.74) is 3.10. The van der Waals surface area contributed by atoms with E-state index < -0.39 is 10.0 Å². The fraction of sp³-hybridized carbons (Fsp3) is 0.471. The van der Waals surface area contributed by atoms with Crippen LogP contribution in [-0.4, -0.2) is 31.8 Å². The zero-order valence-corrected chi connectivity index (χ0v) is 15.1. The number of aryl methyl sites for hydroxylation is 3. The molecule has 8 heteroatoms. The van der Waals surface area contributed by atoms with Crippen LogP contribution < -0.4 is 14.2 Å². The van der Waals surface area contributed by atoms with E-state index in [-0.39, 0.29) is 10.9 Å². The smallest absolute Gasteiger partial charge is 0.244 e. The van der Waals surface area contributed by atoms with E-state index in [1.54, 1.807) is 13.8 Å². The highest BCUT2D eigenvalue weighted by molar-refractivity contribution is 7.89. The molecule has 0 saturated carbocycles. The number of ether oxygens (including phenoxy) is 2. The second-order valence-electron chi connectivity index (χ2n) is 6.52. The monoisotopic (exact) mass is 363 g/mol. The van der Waals surface area contributed by atoms with E-state index in [1.165, 1.54) is 0 Å². The molecule has 0 bridgehead atoms. The second kappa shape index (κ2) is 6.03. The minimum Gasteiger partial charge on any atom is -0.486 e. The van der Waals surface area contributed by atoms with E-state index in [2.05, 4.69) is 14.9 Å². The van der Waals surface area contributed by atoms with Crippen LogP contribution in [0.4, 0.5) is 0 Å². The molecule has 2 heterocycles. The highest BCUT2D eigenvalue weighted by Gasteiger charge is 2.30. The van der Waals surface area contributed by atoms with E-state index >= 15 is 0 Å². The molecule has 7 nitrogen and oxygen atoms in total. The Hall–Kier alpha value is -2.06. The number of H-pyrrole nitrogens is 1. The van der Waals surface area contributed by atoms with Gasteiger partial charge in [-0.3, -0.25) is 5.10 Å². The fourth-order valence-electron chi connectivity index (χ4n) is 3.64. The molecule has 1 atom stereocenters. The first-order valence-corrected chi connectivity index (χ1v) is 9.90. The van der Waals surface area contributed by atoms with Crippen molar-refractivity contribution in [2.45, 2.75) is 44.0 Å². The van der Waals surface area contributed by atoms with Gasteiger partial charge in [0.1, 0.15) is 18.1 Å². The third kappa shape index (κ3) is 2.89. The summed E-state index contributed by atoms with van der Waals surface area (Å²) in [7, 11) is -3.66. The third-order valence-corrected chi connectivity index (χ3v) is 6.48. The molecule has 2 N–H and O–H groups in total. The summed E-state index contributed by atoms with van der Waals surface area (Å²) in [6, 6.07) is 3.63. The Morgan fingerprint density at radius 1 is 1.20 bits per heavy atom. The average molecular weight is 363 g/mol. The summed E-state index contributed by atoms with van der Waals surface area (Å²) in [4.78, 5) is 0.233. The molecule has 2 aliphatic rings. The van der Waals surface area contributed by atoms with Gasteiger partial charge in [-0.25, -0.2) is 13.1 Å². The number of benzene rings is 1. The second-order valence-corrected chi connectivity index (χ2v) is 8.17. The van der Waals surface area contributed by atoms with Gasteiger partial charge in [0, 0.05) is 6.04 Å². The van der Waals surface area contributed by atoms with Crippen molar-refractivity contribution in [2.24, 2.45) is 0 Å². The summed E-state index contributed by atoms with van der Waals surface area (Å²) >= 11 is 0. The number of hydrogen-bond donors (Lipinski definition) is 2. The summed E-state index contributed by atoms with van der Waals surface area (Å²) in [5, 5.41) is 6.73. The maximum atomic E-state index is 12.9. The SMILES string of the molecule is Cc1n[nH]c(C)c1S(=O)(=O)NC1CCCc2cc3c(cc21)OCCO3. The Bertz CT molecular complexity index is 901. The molecule has 25 heavy (non-hydrogen) atoms. The van der Waals surface area contributed by atoms with Crippen molar-refractivity contribution < 1.29 is 17.9 Å². The number of fused-ring (bicyclic) bond motifs is 2. The van der Waals surface area contributed by atoms with Gasteiger partial charge in [0.05, 0.1) is 11.4 Å². The van der Waals surface area contributed by atoms with Gasteiger partial charge in [0.2, 0.25) is 10.0 Å². The molecule has 2 aromatic rings. The van der Waals surface area contributed by atoms with Gasteiger partial charge in [-0.05, 0) is 56.4 Å². The topological polar surface area (TPSA) is 93.3 Å². The van der Waals surface area contributed by atoms with Gasteiger partial charge in [0.25, 0.3) is 0 Å². The van der Waals surface area contributed by atoms with Crippen LogP contribution in [0.15, 0.2) is 17.0 Å². The molecular weight excluding hydrogens is 342 g/mol. The average Bonchev–Trinajstić information content (AvgIpc) is 2.92. The van der Waals surface area contributed by atoms with E-state index in [0.29, 0.717) is 30.4 Å². The van der Waals surface area contributed by atoms with Crippen LogP contribution in [0.1, 0.15) is 41.4 Å². The first-order valence-electron chi connectivity index (χ1n) is 8.42. The van der Waals surface area contributed by atoms with Crippen LogP contribution in [0.5, 0.6) is 11.5 Å². The highest BCUT2D eigenvalue weighted by atomic mass is 32.2. The number of aromatic nitrogens is 2. The molecule has 0 spiro atoms. The fourth-order valence-corrected chi connectivity index (χ4v) is 5.27. The predicted molar refractivity (Wildman–Crippen MR) is 91.5 cm³/mol. The minimum absolute atomic E-state index is 0.233. The zero-order chi connectivity index (χ0) is 17.6. The number of nitrogens with one attached hydrogen (secondary N) is 2. The Labute approximate surface area is 146 Å². The molecule has 1 aromatic heterocycles. The summed E-state index contributed by atoms with van der Waals surface area (Å²) in [6.07, 6.45) is 2.58. The molecule has 0 radical (unpaired) electrons. The molecule has 0 amide bonds. The van der Waals surface area contributed by atoms with Crippen LogP contribution in [0.25, 0.3) is 0 Å². The largest absolute Gasteiger partial charge is 0.486 e. The maximum absolute atomic E-state index is 12.9. The minimum atomic E-state index is -3.66. The first-order chi connectivity index (χ1) is 12.0. The summed E-state index contributed by atoms with van der Waals surface area (Å²) in [6.45, 7) is 4.45. The molecule has 1 aromatic carbocycles. The lowest BCUT2D eigenvalue weighted by Crippen LogP contribution is -2.32. The Kier molecular flexibility index (Phi) is 3.96. The molecule has 1 unspecified atom stereocenters. The molecule has 1 aliphatic heterocycles. The highest BCUT2D eigenvalue weighted by Crippen LogP contribution is 2.40. The molecule has 134 valence electrons. The van der Waals surface area contributed by atoms with E-state index in [4.69, 9.17) is 9.47 Å². The van der Waals surface area contributed by atoms with E-state index in [9.17, 15) is 8.42 Å². The van der Waals surface area contributed by atoms with Crippen molar-refractivity contribution in [3.05, 3.63) is 34.6 Å². The van der Waals surface area contributed by atoms with Gasteiger partial charge in [-0.15, -0.1) is 0 Å². The summed E-state index contributed by atoms with van der Waals surface area (Å²) in [5.74, 6) is 1.43. The standard InChI is InChI=1S/C17H21N3O4S/c1-10-17(11(2)19-18-10)25(21,22)20-14-5-3-4-12-8-15-16(9-13(12)14)24-7-6-23-15/h8-9,14,20H,3-7H2,1-2H3,(H,18,19). The Morgan fingerprint density at radius 2 is 1.92 bits per heavy atom. The third-order valence-electron chi connectivity index (χ3n) is 4.75. The number of aromatic amines is 1. The lowest BCUT2D eigenvalue weighted by atomic mass is 9.88. The quantitative estimate of drug-likeness (QED) is 0.872. The van der Waals surface area contributed by atoms with Gasteiger partial charge >= 0.3 is 0 Å². The van der Waals surface area contributed by atoms with Crippen molar-refractivity contribution in [1.29, 1.82) is 0 Å². The Morgan fingerprint density at radius 3 is 2.60 bits per heavy atom. The molecular formula is C17H21N3O4S. The van der Waals surface area contributed by atoms with E-state index in [1.807, 2.05) is 12.1 Å². The lowest BCUT2D eigenvalue weighted by molar-refractivity contribution is 0.171. The maximum Gasteiger partial charge on any atom is 0.244 e. The molecule has 0 fully saturated rings. The van der Waals surface area contributed by atoms with Crippen LogP contribution in [0.3, 0.4) is 0 Å². The molecule has 4 rings (SSSR count). The van der Waals surface area contributed by atoms with Gasteiger partial charge in [-0.1, -0.05) is 0 Å². The first kappa shape index (κ1) is 16.4. The Balaban J connectivity index is 1.69. The van der Waals surface area contributed by atoms with Crippen molar-refractivity contribution >= 4 is 10.0 Å². The van der Waals surface area contributed by atoms with Crippen LogP contribution in [0, 0.1) is 13.8 Å². The van der Waals surface area contributed by atoms with Crippen LogP contribution in [0.2, 0.25) is 0 Å². The van der Waals surface area contributed by atoms with Crippen LogP contribution in [-0.2, 0) is 16.4 Å². The van der Waals surface area contributed by atoms with Crippen LogP contribution >= 0.6 is 0 Å². The normalized spacial score (nSPS) is 19.5. The molecule has 0 saturated heterocycles. The zero-order valence-electron chi connectivity index (χ0n) is 14.3. The van der Waals surface area contributed by atoms with E-state index in [0.717, 1.165) is 36.1 Å². The lowest BCUT2D eigenvalue weighted by Gasteiger charge is -2.29. The van der Waals surface area contributed by atoms with Crippen molar-refractivity contribution in [3.63, 3.8) is 0 Å². The number of sulfonamides is 1. The van der Waals surface area contributed by atoms with Gasteiger partial charge in [-0.2, -0.15) is 5.10 Å².